The van der Waals surface area contributed by atoms with E-state index in [0.717, 1.165) is 43.8 Å². The highest BCUT2D eigenvalue weighted by atomic mass is 16.5. The van der Waals surface area contributed by atoms with Gasteiger partial charge >= 0.3 is 11.9 Å². The van der Waals surface area contributed by atoms with E-state index in [4.69, 9.17) is 14.7 Å². The van der Waals surface area contributed by atoms with Gasteiger partial charge in [0, 0.05) is 24.1 Å². The SMILES string of the molecule is CCCc1noc2cccc(C3CCN(Cc4ccccc4)CC3)c12.O=C(O)C=CC(=O)O. The minimum atomic E-state index is -1.26. The molecule has 1 aliphatic heterocycles. The number of benzene rings is 2. The number of carboxylic acids is 2. The molecule has 0 unspecified atom stereocenters. The van der Waals surface area contributed by atoms with E-state index >= 15 is 0 Å². The Bertz CT molecular complexity index is 1070. The minimum Gasteiger partial charge on any atom is -0.478 e. The van der Waals surface area contributed by atoms with Crippen molar-refractivity contribution < 1.29 is 24.3 Å². The third kappa shape index (κ3) is 7.02. The van der Waals surface area contributed by atoms with Crippen molar-refractivity contribution in [2.75, 3.05) is 13.1 Å². The van der Waals surface area contributed by atoms with E-state index in [2.05, 4.69) is 65.5 Å². The highest BCUT2D eigenvalue weighted by Crippen LogP contribution is 2.35. The van der Waals surface area contributed by atoms with Crippen LogP contribution in [0.2, 0.25) is 0 Å². The first-order chi connectivity index (χ1) is 16.0. The summed E-state index contributed by atoms with van der Waals surface area (Å²) in [5.74, 6) is -1.90. The fourth-order valence-electron chi connectivity index (χ4n) is 4.22. The van der Waals surface area contributed by atoms with Crippen molar-refractivity contribution in [1.82, 2.24) is 10.1 Å². The summed E-state index contributed by atoms with van der Waals surface area (Å²) >= 11 is 0. The molecule has 2 aromatic carbocycles. The summed E-state index contributed by atoms with van der Waals surface area (Å²) in [7, 11) is 0. The van der Waals surface area contributed by atoms with Crippen LogP contribution in [0.1, 0.15) is 48.9 Å². The lowest BCUT2D eigenvalue weighted by Crippen LogP contribution is -2.32. The van der Waals surface area contributed by atoms with Crippen LogP contribution in [0.3, 0.4) is 0 Å². The van der Waals surface area contributed by atoms with Crippen molar-refractivity contribution in [3.05, 3.63) is 77.5 Å². The number of carbonyl (C=O) groups is 2. The van der Waals surface area contributed by atoms with Gasteiger partial charge in [0.05, 0.1) is 5.69 Å². The van der Waals surface area contributed by atoms with Gasteiger partial charge < -0.3 is 14.7 Å². The number of rotatable bonds is 7. The highest BCUT2D eigenvalue weighted by molar-refractivity contribution is 5.89. The molecule has 0 aliphatic carbocycles. The Morgan fingerprint density at radius 3 is 2.30 bits per heavy atom. The van der Waals surface area contributed by atoms with Crippen LogP contribution in [-0.4, -0.2) is 45.3 Å². The smallest absolute Gasteiger partial charge is 0.328 e. The zero-order valence-electron chi connectivity index (χ0n) is 18.8. The second kappa shape index (κ2) is 12.0. The summed E-state index contributed by atoms with van der Waals surface area (Å²) in [5.41, 5.74) is 4.95. The molecule has 33 heavy (non-hydrogen) atoms. The van der Waals surface area contributed by atoms with Crippen LogP contribution in [0.25, 0.3) is 11.0 Å². The van der Waals surface area contributed by atoms with E-state index < -0.39 is 11.9 Å². The Kier molecular flexibility index (Phi) is 8.78. The molecule has 2 N–H and O–H groups in total. The van der Waals surface area contributed by atoms with E-state index in [1.54, 1.807) is 0 Å². The maximum Gasteiger partial charge on any atom is 0.328 e. The topological polar surface area (TPSA) is 104 Å². The first-order valence-electron chi connectivity index (χ1n) is 11.2. The zero-order chi connectivity index (χ0) is 23.6. The Balaban J connectivity index is 0.000000331. The largest absolute Gasteiger partial charge is 0.478 e. The Labute approximate surface area is 193 Å². The Morgan fingerprint density at radius 2 is 1.70 bits per heavy atom. The molecule has 0 saturated carbocycles. The number of fused-ring (bicyclic) bond motifs is 1. The van der Waals surface area contributed by atoms with Crippen LogP contribution < -0.4 is 0 Å². The molecular weight excluding hydrogens is 420 g/mol. The number of hydrogen-bond acceptors (Lipinski definition) is 5. The second-order valence-electron chi connectivity index (χ2n) is 8.15. The number of aryl methyl sites for hydroxylation is 1. The third-order valence-electron chi connectivity index (χ3n) is 5.73. The van der Waals surface area contributed by atoms with Crippen molar-refractivity contribution in [3.63, 3.8) is 0 Å². The van der Waals surface area contributed by atoms with Gasteiger partial charge in [-0.05, 0) is 55.5 Å². The Morgan fingerprint density at radius 1 is 1.03 bits per heavy atom. The van der Waals surface area contributed by atoms with Crippen LogP contribution in [0, 0.1) is 0 Å². The molecule has 174 valence electrons. The first kappa shape index (κ1) is 24.2. The number of carboxylic acid groups (broad SMARTS) is 2. The van der Waals surface area contributed by atoms with Gasteiger partial charge in [-0.3, -0.25) is 4.90 Å². The molecular formula is C26H30N2O5. The van der Waals surface area contributed by atoms with Crippen molar-refractivity contribution in [1.29, 1.82) is 0 Å². The maximum absolute atomic E-state index is 9.55. The monoisotopic (exact) mass is 450 g/mol. The Hall–Kier alpha value is -3.45. The van der Waals surface area contributed by atoms with E-state index in [0.29, 0.717) is 18.1 Å². The lowest BCUT2D eigenvalue weighted by atomic mass is 9.86. The molecule has 0 spiro atoms. The summed E-state index contributed by atoms with van der Waals surface area (Å²) < 4.78 is 5.57. The van der Waals surface area contributed by atoms with Crippen LogP contribution in [-0.2, 0) is 22.6 Å². The second-order valence-corrected chi connectivity index (χ2v) is 8.15. The number of likely N-dealkylation sites (tertiary alicyclic amines) is 1. The van der Waals surface area contributed by atoms with Crippen LogP contribution in [0.15, 0.2) is 65.2 Å². The lowest BCUT2D eigenvalue weighted by molar-refractivity contribution is -0.134. The quantitative estimate of drug-likeness (QED) is 0.495. The molecule has 0 bridgehead atoms. The van der Waals surface area contributed by atoms with Gasteiger partial charge in [-0.25, -0.2) is 9.59 Å². The highest BCUT2D eigenvalue weighted by Gasteiger charge is 2.24. The van der Waals surface area contributed by atoms with Gasteiger partial charge in [-0.15, -0.1) is 0 Å². The van der Waals surface area contributed by atoms with Crippen LogP contribution in [0.4, 0.5) is 0 Å². The molecule has 3 aromatic rings. The number of hydrogen-bond donors (Lipinski definition) is 2. The number of aliphatic carboxylic acids is 2. The van der Waals surface area contributed by atoms with E-state index in [1.807, 2.05) is 0 Å². The van der Waals surface area contributed by atoms with Crippen molar-refractivity contribution in [2.24, 2.45) is 0 Å². The molecule has 0 atom stereocenters. The fraction of sp³-hybridized carbons (Fsp3) is 0.346. The molecule has 1 aromatic heterocycles. The molecule has 1 saturated heterocycles. The van der Waals surface area contributed by atoms with Gasteiger partial charge in [0.15, 0.2) is 5.58 Å². The standard InChI is InChI=1S/C22H26N2O.C4H4O4/c1-2-7-20-22-19(10-6-11-21(22)25-23-20)18-12-14-24(15-13-18)16-17-8-4-3-5-9-17;5-3(6)1-2-4(7)8/h3-6,8-11,18H,2,7,12-16H2,1H3;1-2H,(H,5,6)(H,7,8). The van der Waals surface area contributed by atoms with Crippen LogP contribution in [0.5, 0.6) is 0 Å². The predicted molar refractivity (Wildman–Crippen MR) is 126 cm³/mol. The number of piperidine rings is 1. The summed E-state index contributed by atoms with van der Waals surface area (Å²) in [5, 5.41) is 21.2. The first-order valence-corrected chi connectivity index (χ1v) is 11.2. The molecule has 1 fully saturated rings. The molecule has 2 heterocycles. The zero-order valence-corrected chi connectivity index (χ0v) is 18.8. The van der Waals surface area contributed by atoms with Crippen molar-refractivity contribution in [2.45, 2.75) is 45.1 Å². The maximum atomic E-state index is 9.55. The normalized spacial score (nSPS) is 14.8. The molecule has 7 nitrogen and oxygen atoms in total. The molecule has 1 aliphatic rings. The van der Waals surface area contributed by atoms with E-state index in [9.17, 15) is 9.59 Å². The van der Waals surface area contributed by atoms with Gasteiger partial charge in [-0.2, -0.15) is 0 Å². The molecule has 0 amide bonds. The average Bonchev–Trinajstić information content (AvgIpc) is 3.23. The van der Waals surface area contributed by atoms with Gasteiger partial charge in [-0.1, -0.05) is 61.0 Å². The minimum absolute atomic E-state index is 0.558. The predicted octanol–water partition coefficient (Wildman–Crippen LogP) is 4.87. The summed E-state index contributed by atoms with van der Waals surface area (Å²) in [6.45, 7) is 5.58. The van der Waals surface area contributed by atoms with E-state index in [1.165, 1.54) is 29.4 Å². The lowest BCUT2D eigenvalue weighted by Gasteiger charge is -2.32. The van der Waals surface area contributed by atoms with Crippen molar-refractivity contribution >= 4 is 22.9 Å². The average molecular weight is 451 g/mol. The van der Waals surface area contributed by atoms with Crippen molar-refractivity contribution in [3.8, 4) is 0 Å². The summed E-state index contributed by atoms with van der Waals surface area (Å²) in [6, 6.07) is 17.2. The van der Waals surface area contributed by atoms with Gasteiger partial charge in [0.25, 0.3) is 0 Å². The summed E-state index contributed by atoms with van der Waals surface area (Å²) in [6.07, 6.45) is 5.64. The molecule has 4 rings (SSSR count). The van der Waals surface area contributed by atoms with Gasteiger partial charge in [0.2, 0.25) is 0 Å². The summed E-state index contributed by atoms with van der Waals surface area (Å²) in [4.78, 5) is 21.7. The molecule has 0 radical (unpaired) electrons. The van der Waals surface area contributed by atoms with E-state index in [-0.39, 0.29) is 0 Å². The third-order valence-corrected chi connectivity index (χ3v) is 5.73. The molecule has 7 heteroatoms. The number of nitrogens with zero attached hydrogens (tertiary/aromatic N) is 2. The fourth-order valence-corrected chi connectivity index (χ4v) is 4.22. The number of aromatic nitrogens is 1. The van der Waals surface area contributed by atoms with Gasteiger partial charge in [0.1, 0.15) is 0 Å². The van der Waals surface area contributed by atoms with Crippen LogP contribution >= 0.6 is 0 Å².